The van der Waals surface area contributed by atoms with Crippen LogP contribution < -0.4 is 10.6 Å². The van der Waals surface area contributed by atoms with Crippen molar-refractivity contribution in [2.45, 2.75) is 45.3 Å². The molecule has 6 nitrogen and oxygen atoms in total. The van der Waals surface area contributed by atoms with E-state index >= 15 is 0 Å². The summed E-state index contributed by atoms with van der Waals surface area (Å²) in [5.74, 6) is 2.85. The van der Waals surface area contributed by atoms with Gasteiger partial charge in [0, 0.05) is 36.9 Å². The van der Waals surface area contributed by atoms with Gasteiger partial charge in [-0.15, -0.1) is 0 Å². The van der Waals surface area contributed by atoms with Gasteiger partial charge in [-0.05, 0) is 24.1 Å². The van der Waals surface area contributed by atoms with Gasteiger partial charge in [-0.3, -0.25) is 4.99 Å². The average Bonchev–Trinajstić information content (AvgIpc) is 3.02. The van der Waals surface area contributed by atoms with Crippen molar-refractivity contribution >= 4 is 21.9 Å². The van der Waals surface area contributed by atoms with Gasteiger partial charge in [0.05, 0.1) is 6.54 Å². The summed E-state index contributed by atoms with van der Waals surface area (Å²) in [6.45, 7) is 3.67. The van der Waals surface area contributed by atoms with Crippen molar-refractivity contribution in [1.29, 1.82) is 0 Å². The van der Waals surface area contributed by atoms with Crippen LogP contribution in [0.4, 0.5) is 0 Å². The number of rotatable bonds is 4. The Kier molecular flexibility index (Phi) is 5.50. The quantitative estimate of drug-likeness (QED) is 0.620. The predicted octanol–water partition coefficient (Wildman–Crippen LogP) is 2.28. The first-order chi connectivity index (χ1) is 11.7. The molecule has 0 bridgehead atoms. The molecule has 2 aromatic rings. The molecule has 24 heavy (non-hydrogen) atoms. The molecule has 0 radical (unpaired) electrons. The Morgan fingerprint density at radius 2 is 2.17 bits per heavy atom. The van der Waals surface area contributed by atoms with Crippen molar-refractivity contribution in [3.05, 3.63) is 46.0 Å². The first kappa shape index (κ1) is 17.0. The number of halogens is 1. The maximum atomic E-state index is 4.56. The highest BCUT2D eigenvalue weighted by atomic mass is 79.9. The molecule has 2 N–H and O–H groups in total. The molecule has 3 rings (SSSR count). The van der Waals surface area contributed by atoms with E-state index in [2.05, 4.69) is 60.7 Å². The number of aromatic nitrogens is 3. The third-order valence-corrected chi connectivity index (χ3v) is 4.68. The van der Waals surface area contributed by atoms with E-state index in [1.807, 2.05) is 16.8 Å². The van der Waals surface area contributed by atoms with Crippen LogP contribution in [0.15, 0.2) is 33.7 Å². The molecule has 7 heteroatoms. The Morgan fingerprint density at radius 3 is 2.88 bits per heavy atom. The second-order valence-electron chi connectivity index (χ2n) is 5.91. The highest BCUT2D eigenvalue weighted by Gasteiger charge is 2.21. The van der Waals surface area contributed by atoms with Crippen molar-refractivity contribution in [3.63, 3.8) is 0 Å². The smallest absolute Gasteiger partial charge is 0.191 e. The van der Waals surface area contributed by atoms with Crippen LogP contribution in [-0.2, 0) is 25.9 Å². The van der Waals surface area contributed by atoms with Crippen LogP contribution in [0.25, 0.3) is 0 Å². The summed E-state index contributed by atoms with van der Waals surface area (Å²) in [4.78, 5) is 8.89. The van der Waals surface area contributed by atoms with Gasteiger partial charge in [0.25, 0.3) is 0 Å². The van der Waals surface area contributed by atoms with Crippen molar-refractivity contribution in [3.8, 4) is 0 Å². The number of hydrogen-bond donors (Lipinski definition) is 2. The largest absolute Gasteiger partial charge is 0.352 e. The third kappa shape index (κ3) is 4.14. The molecule has 1 aliphatic heterocycles. The van der Waals surface area contributed by atoms with Crippen LogP contribution >= 0.6 is 15.9 Å². The van der Waals surface area contributed by atoms with Crippen LogP contribution in [0.5, 0.6) is 0 Å². The summed E-state index contributed by atoms with van der Waals surface area (Å²) in [5.41, 5.74) is 1.22. The lowest BCUT2D eigenvalue weighted by molar-refractivity contribution is 0.392. The van der Waals surface area contributed by atoms with Crippen molar-refractivity contribution in [1.82, 2.24) is 25.4 Å². The molecule has 1 aromatic heterocycles. The number of aliphatic imine (C=N–C) groups is 1. The molecule has 0 saturated carbocycles. The number of aryl methyl sites for hydroxylation is 2. The monoisotopic (exact) mass is 390 g/mol. The lowest BCUT2D eigenvalue weighted by atomic mass is 10.1. The molecule has 2 heterocycles. The zero-order valence-corrected chi connectivity index (χ0v) is 15.7. The number of nitrogens with one attached hydrogen (secondary N) is 2. The van der Waals surface area contributed by atoms with Crippen LogP contribution in [0.2, 0.25) is 0 Å². The van der Waals surface area contributed by atoms with Gasteiger partial charge in [0.1, 0.15) is 5.82 Å². The lowest BCUT2D eigenvalue weighted by Gasteiger charge is -2.25. The topological polar surface area (TPSA) is 67.1 Å². The van der Waals surface area contributed by atoms with E-state index in [0.29, 0.717) is 6.04 Å². The highest BCUT2D eigenvalue weighted by molar-refractivity contribution is 9.10. The lowest BCUT2D eigenvalue weighted by Crippen LogP contribution is -2.46. The Morgan fingerprint density at radius 1 is 1.38 bits per heavy atom. The summed E-state index contributed by atoms with van der Waals surface area (Å²) in [7, 11) is 1.80. The Labute approximate surface area is 150 Å². The minimum Gasteiger partial charge on any atom is -0.352 e. The van der Waals surface area contributed by atoms with Gasteiger partial charge in [0.2, 0.25) is 0 Å². The molecule has 1 unspecified atom stereocenters. The van der Waals surface area contributed by atoms with Crippen molar-refractivity contribution in [2.75, 3.05) is 7.05 Å². The maximum absolute atomic E-state index is 4.56. The molecule has 0 amide bonds. The van der Waals surface area contributed by atoms with E-state index in [4.69, 9.17) is 0 Å². The average molecular weight is 391 g/mol. The Balaban J connectivity index is 1.55. The van der Waals surface area contributed by atoms with Crippen LogP contribution in [-0.4, -0.2) is 33.8 Å². The molecule has 1 aliphatic rings. The molecule has 0 spiro atoms. The van der Waals surface area contributed by atoms with Crippen LogP contribution in [0, 0.1) is 0 Å². The van der Waals surface area contributed by atoms with Gasteiger partial charge < -0.3 is 10.6 Å². The second kappa shape index (κ2) is 7.79. The molecular weight excluding hydrogens is 368 g/mol. The molecule has 1 atom stereocenters. The van der Waals surface area contributed by atoms with E-state index < -0.39 is 0 Å². The van der Waals surface area contributed by atoms with Crippen LogP contribution in [0.1, 0.15) is 30.6 Å². The first-order valence-electron chi connectivity index (χ1n) is 8.32. The summed E-state index contributed by atoms with van der Waals surface area (Å²) in [6.07, 6.45) is 2.88. The summed E-state index contributed by atoms with van der Waals surface area (Å²) in [6, 6.07) is 8.61. The first-order valence-corrected chi connectivity index (χ1v) is 9.11. The number of nitrogens with zero attached hydrogens (tertiary/aromatic N) is 4. The summed E-state index contributed by atoms with van der Waals surface area (Å²) in [5, 5.41) is 11.4. The van der Waals surface area contributed by atoms with Crippen molar-refractivity contribution < 1.29 is 0 Å². The number of guanidine groups is 1. The molecular formula is C17H23BrN6. The van der Waals surface area contributed by atoms with Gasteiger partial charge in [-0.2, -0.15) is 5.10 Å². The molecule has 1 aromatic carbocycles. The van der Waals surface area contributed by atoms with Gasteiger partial charge >= 0.3 is 0 Å². The normalized spacial score (nSPS) is 17.5. The number of fused-ring (bicyclic) bond motifs is 1. The second-order valence-corrected chi connectivity index (χ2v) is 6.83. The van der Waals surface area contributed by atoms with Gasteiger partial charge in [-0.1, -0.05) is 35.0 Å². The minimum atomic E-state index is 0.319. The Hall–Kier alpha value is -1.89. The number of benzene rings is 1. The summed E-state index contributed by atoms with van der Waals surface area (Å²) >= 11 is 3.46. The fourth-order valence-electron chi connectivity index (χ4n) is 2.80. The molecule has 128 valence electrons. The standard InChI is InChI=1S/C17H23BrN6/c1-3-15-22-16-9-8-14(11-24(16)23-15)21-17(19-2)20-10-12-4-6-13(18)7-5-12/h4-7,14H,3,8-11H2,1-2H3,(H2,19,20,21). The molecule has 0 aliphatic carbocycles. The highest BCUT2D eigenvalue weighted by Crippen LogP contribution is 2.13. The van der Waals surface area contributed by atoms with E-state index in [0.717, 1.165) is 54.4 Å². The van der Waals surface area contributed by atoms with E-state index in [1.165, 1.54) is 5.56 Å². The maximum Gasteiger partial charge on any atom is 0.191 e. The Bertz CT molecular complexity index is 706. The molecule has 0 saturated heterocycles. The molecule has 0 fully saturated rings. The van der Waals surface area contributed by atoms with Crippen molar-refractivity contribution in [2.24, 2.45) is 4.99 Å². The van der Waals surface area contributed by atoms with Gasteiger partial charge in [-0.25, -0.2) is 9.67 Å². The zero-order chi connectivity index (χ0) is 16.9. The number of hydrogen-bond acceptors (Lipinski definition) is 3. The predicted molar refractivity (Wildman–Crippen MR) is 99.0 cm³/mol. The minimum absolute atomic E-state index is 0.319. The van der Waals surface area contributed by atoms with E-state index in [9.17, 15) is 0 Å². The van der Waals surface area contributed by atoms with Gasteiger partial charge in [0.15, 0.2) is 11.8 Å². The summed E-state index contributed by atoms with van der Waals surface area (Å²) < 4.78 is 3.12. The fourth-order valence-corrected chi connectivity index (χ4v) is 3.07. The van der Waals surface area contributed by atoms with Crippen LogP contribution in [0.3, 0.4) is 0 Å². The fraction of sp³-hybridized carbons (Fsp3) is 0.471. The van der Waals surface area contributed by atoms with E-state index in [1.54, 1.807) is 7.05 Å². The SMILES string of the molecule is CCc1nc2n(n1)CC(NC(=NC)NCc1ccc(Br)cc1)CC2. The van der Waals surface area contributed by atoms with E-state index in [-0.39, 0.29) is 0 Å². The third-order valence-electron chi connectivity index (χ3n) is 4.16. The zero-order valence-electron chi connectivity index (χ0n) is 14.1.